The van der Waals surface area contributed by atoms with Crippen molar-refractivity contribution in [3.8, 4) is 0 Å². The first-order valence-corrected chi connectivity index (χ1v) is 8.35. The van der Waals surface area contributed by atoms with Gasteiger partial charge in [-0.05, 0) is 30.5 Å². The number of carbonyl (C=O) groups is 1. The molecule has 7 nitrogen and oxygen atoms in total. The number of aromatic amines is 1. The Labute approximate surface area is 145 Å². The molecule has 0 spiro atoms. The van der Waals surface area contributed by atoms with E-state index in [-0.39, 0.29) is 5.91 Å². The molecule has 1 aromatic carbocycles. The molecule has 25 heavy (non-hydrogen) atoms. The molecule has 4 rings (SSSR count). The van der Waals surface area contributed by atoms with Gasteiger partial charge in [0.05, 0.1) is 11.6 Å². The molecule has 1 N–H and O–H groups in total. The van der Waals surface area contributed by atoms with E-state index in [1.54, 1.807) is 12.4 Å². The smallest absolute Gasteiger partial charge is 0.242 e. The van der Waals surface area contributed by atoms with Crippen LogP contribution in [-0.2, 0) is 11.3 Å². The van der Waals surface area contributed by atoms with Gasteiger partial charge >= 0.3 is 0 Å². The van der Waals surface area contributed by atoms with Crippen LogP contribution < -0.4 is 4.90 Å². The van der Waals surface area contributed by atoms with Crippen LogP contribution in [0.25, 0.3) is 11.0 Å². The minimum absolute atomic E-state index is 0.0952. The van der Waals surface area contributed by atoms with Crippen LogP contribution in [0.5, 0.6) is 0 Å². The minimum Gasteiger partial charge on any atom is -0.335 e. The second kappa shape index (κ2) is 6.16. The summed E-state index contributed by atoms with van der Waals surface area (Å²) in [7, 11) is 0. The van der Waals surface area contributed by atoms with E-state index in [0.717, 1.165) is 11.9 Å². The number of carbonyl (C=O) groups excluding carboxylic acids is 1. The third kappa shape index (κ3) is 3.05. The van der Waals surface area contributed by atoms with Gasteiger partial charge in [-0.3, -0.25) is 9.89 Å². The molecule has 1 aliphatic heterocycles. The Kier molecular flexibility index (Phi) is 3.83. The van der Waals surface area contributed by atoms with E-state index in [2.05, 4.69) is 52.2 Å². The number of benzene rings is 1. The first kappa shape index (κ1) is 15.6. The Hall–Kier alpha value is -2.96. The number of anilines is 1. The largest absolute Gasteiger partial charge is 0.335 e. The molecule has 2 aromatic heterocycles. The molecule has 128 valence electrons. The highest BCUT2D eigenvalue weighted by atomic mass is 16.2. The lowest BCUT2D eigenvalue weighted by molar-refractivity contribution is -0.131. The topological polar surface area (TPSA) is 78.0 Å². The molecular formula is C18H20N6O. The number of H-pyrrole nitrogens is 1. The van der Waals surface area contributed by atoms with Gasteiger partial charge in [0.15, 0.2) is 5.65 Å². The first-order valence-electron chi connectivity index (χ1n) is 8.35. The number of fused-ring (bicyclic) bond motifs is 1. The van der Waals surface area contributed by atoms with Crippen LogP contribution in [-0.4, -0.2) is 50.6 Å². The average molecular weight is 336 g/mol. The fourth-order valence-corrected chi connectivity index (χ4v) is 3.05. The number of amides is 1. The maximum atomic E-state index is 12.6. The van der Waals surface area contributed by atoms with Crippen molar-refractivity contribution in [3.63, 3.8) is 0 Å². The molecule has 1 aliphatic rings. The van der Waals surface area contributed by atoms with Crippen LogP contribution >= 0.6 is 0 Å². The van der Waals surface area contributed by atoms with Crippen LogP contribution in [0.2, 0.25) is 0 Å². The normalized spacial score (nSPS) is 15.2. The number of aryl methyl sites for hydroxylation is 2. The molecule has 0 saturated carbocycles. The molecule has 3 aromatic rings. The second-order valence-electron chi connectivity index (χ2n) is 6.50. The molecule has 7 heteroatoms. The van der Waals surface area contributed by atoms with Crippen molar-refractivity contribution < 1.29 is 4.79 Å². The molecule has 0 radical (unpaired) electrons. The summed E-state index contributed by atoms with van der Waals surface area (Å²) in [6.45, 7) is 6.52. The van der Waals surface area contributed by atoms with E-state index in [1.165, 1.54) is 16.7 Å². The predicted octanol–water partition coefficient (Wildman–Crippen LogP) is 1.82. The molecule has 1 fully saturated rings. The van der Waals surface area contributed by atoms with Crippen molar-refractivity contribution in [1.29, 1.82) is 0 Å². The maximum absolute atomic E-state index is 12.6. The van der Waals surface area contributed by atoms with Gasteiger partial charge in [-0.1, -0.05) is 18.2 Å². The minimum atomic E-state index is 0.0952. The summed E-state index contributed by atoms with van der Waals surface area (Å²) in [5, 5.41) is 7.66. The highest BCUT2D eigenvalue weighted by molar-refractivity contribution is 5.82. The molecule has 1 amide bonds. The Morgan fingerprint density at radius 2 is 2.04 bits per heavy atom. The van der Waals surface area contributed by atoms with Crippen molar-refractivity contribution >= 4 is 22.9 Å². The summed E-state index contributed by atoms with van der Waals surface area (Å²) in [4.78, 5) is 25.2. The third-order valence-electron chi connectivity index (χ3n) is 4.72. The molecule has 0 unspecified atom stereocenters. The number of hydrogen-bond acceptors (Lipinski definition) is 5. The van der Waals surface area contributed by atoms with Crippen LogP contribution in [0.1, 0.15) is 16.7 Å². The van der Waals surface area contributed by atoms with Crippen molar-refractivity contribution in [2.75, 3.05) is 24.5 Å². The molecule has 1 saturated heterocycles. The van der Waals surface area contributed by atoms with Crippen molar-refractivity contribution in [1.82, 2.24) is 25.1 Å². The summed E-state index contributed by atoms with van der Waals surface area (Å²) in [5.41, 5.74) is 4.38. The van der Waals surface area contributed by atoms with Gasteiger partial charge in [0.2, 0.25) is 11.9 Å². The van der Waals surface area contributed by atoms with Gasteiger partial charge in [-0.25, -0.2) is 4.98 Å². The van der Waals surface area contributed by atoms with Gasteiger partial charge in [0.25, 0.3) is 0 Å². The summed E-state index contributed by atoms with van der Waals surface area (Å²) in [6.07, 6.45) is 3.42. The van der Waals surface area contributed by atoms with Crippen molar-refractivity contribution in [2.45, 2.75) is 20.4 Å². The van der Waals surface area contributed by atoms with Crippen molar-refractivity contribution in [3.05, 3.63) is 47.3 Å². The monoisotopic (exact) mass is 336 g/mol. The van der Waals surface area contributed by atoms with Gasteiger partial charge in [0.1, 0.15) is 6.54 Å². The van der Waals surface area contributed by atoms with E-state index in [9.17, 15) is 4.79 Å². The Morgan fingerprint density at radius 3 is 2.84 bits per heavy atom. The molecule has 0 aliphatic carbocycles. The molecule has 0 atom stereocenters. The number of nitrogens with zero attached hydrogens (tertiary/aromatic N) is 5. The summed E-state index contributed by atoms with van der Waals surface area (Å²) in [5.74, 6) is 0.661. The highest BCUT2D eigenvalue weighted by Crippen LogP contribution is 2.17. The van der Waals surface area contributed by atoms with Crippen LogP contribution in [0.3, 0.4) is 0 Å². The summed E-state index contributed by atoms with van der Waals surface area (Å²) in [6, 6.07) is 6.36. The van der Waals surface area contributed by atoms with Gasteiger partial charge in [-0.2, -0.15) is 10.1 Å². The standard InChI is InChI=1S/C18H20N6O/c1-12-3-4-14(7-13(12)2)10-23-5-6-24(11-16(23)25)18-19-8-15-9-20-22-17(15)21-18/h3-4,7-9H,5-6,10-11H2,1-2H3,(H,19,20,21,22). The van der Waals surface area contributed by atoms with Crippen LogP contribution in [0.4, 0.5) is 5.95 Å². The third-order valence-corrected chi connectivity index (χ3v) is 4.72. The van der Waals surface area contributed by atoms with Crippen LogP contribution in [0, 0.1) is 13.8 Å². The van der Waals surface area contributed by atoms with Gasteiger partial charge in [-0.15, -0.1) is 0 Å². The first-order chi connectivity index (χ1) is 12.1. The maximum Gasteiger partial charge on any atom is 0.242 e. The highest BCUT2D eigenvalue weighted by Gasteiger charge is 2.25. The zero-order valence-corrected chi connectivity index (χ0v) is 14.4. The SMILES string of the molecule is Cc1ccc(CN2CCN(c3ncc4cn[nH]c4n3)CC2=O)cc1C. The number of rotatable bonds is 3. The number of hydrogen-bond donors (Lipinski definition) is 1. The molecular weight excluding hydrogens is 316 g/mol. The quantitative estimate of drug-likeness (QED) is 0.789. The number of aromatic nitrogens is 4. The second-order valence-corrected chi connectivity index (χ2v) is 6.50. The Balaban J connectivity index is 1.46. The lowest BCUT2D eigenvalue weighted by Crippen LogP contribution is -2.50. The Bertz CT molecular complexity index is 934. The van der Waals surface area contributed by atoms with E-state index in [0.29, 0.717) is 31.2 Å². The van der Waals surface area contributed by atoms with Crippen molar-refractivity contribution in [2.24, 2.45) is 0 Å². The van der Waals surface area contributed by atoms with Gasteiger partial charge < -0.3 is 9.80 Å². The lowest BCUT2D eigenvalue weighted by atomic mass is 10.1. The lowest BCUT2D eigenvalue weighted by Gasteiger charge is -2.34. The Morgan fingerprint density at radius 1 is 1.16 bits per heavy atom. The van der Waals surface area contributed by atoms with E-state index >= 15 is 0 Å². The fourth-order valence-electron chi connectivity index (χ4n) is 3.05. The fraction of sp³-hybridized carbons (Fsp3) is 0.333. The van der Waals surface area contributed by atoms with Crippen LogP contribution in [0.15, 0.2) is 30.6 Å². The zero-order valence-electron chi connectivity index (χ0n) is 14.4. The number of piperazine rings is 1. The predicted molar refractivity (Wildman–Crippen MR) is 95.2 cm³/mol. The average Bonchev–Trinajstić information content (AvgIpc) is 3.07. The summed E-state index contributed by atoms with van der Waals surface area (Å²) >= 11 is 0. The van der Waals surface area contributed by atoms with Gasteiger partial charge in [0, 0.05) is 25.8 Å². The van der Waals surface area contributed by atoms with E-state index < -0.39 is 0 Å². The van der Waals surface area contributed by atoms with E-state index in [1.807, 2.05) is 9.80 Å². The van der Waals surface area contributed by atoms with E-state index in [4.69, 9.17) is 0 Å². The zero-order chi connectivity index (χ0) is 17.4. The number of nitrogens with one attached hydrogen (secondary N) is 1. The molecule has 3 heterocycles. The summed E-state index contributed by atoms with van der Waals surface area (Å²) < 4.78 is 0. The molecule has 0 bridgehead atoms.